The number of aliphatic carboxylic acids is 1. The summed E-state index contributed by atoms with van der Waals surface area (Å²) in [6, 6.07) is -0.695. The van der Waals surface area contributed by atoms with Crippen molar-refractivity contribution in [2.24, 2.45) is 0 Å². The Hall–Kier alpha value is -2.48. The Kier molecular flexibility index (Phi) is 4.61. The van der Waals surface area contributed by atoms with Crippen LogP contribution in [0.25, 0.3) is 0 Å². The lowest BCUT2D eigenvalue weighted by Crippen LogP contribution is -2.38. The molecular formula is C12H16N6O2. The number of carboxylic acid groups (broad SMARTS) is 1. The fourth-order valence-corrected chi connectivity index (χ4v) is 1.68. The zero-order valence-electron chi connectivity index (χ0n) is 11.0. The summed E-state index contributed by atoms with van der Waals surface area (Å²) in [6.45, 7) is 0.384. The van der Waals surface area contributed by atoms with Gasteiger partial charge in [-0.05, 0) is 0 Å². The fourth-order valence-electron chi connectivity index (χ4n) is 1.68. The van der Waals surface area contributed by atoms with Crippen molar-refractivity contribution in [1.82, 2.24) is 25.3 Å². The number of nitrogens with one attached hydrogen (secondary N) is 3. The van der Waals surface area contributed by atoms with Gasteiger partial charge in [0.2, 0.25) is 5.95 Å². The molecule has 0 spiro atoms. The molecule has 0 aliphatic carbocycles. The largest absolute Gasteiger partial charge is 0.480 e. The van der Waals surface area contributed by atoms with Crippen LogP contribution < -0.4 is 10.6 Å². The summed E-state index contributed by atoms with van der Waals surface area (Å²) >= 11 is 0. The Morgan fingerprint density at radius 2 is 2.15 bits per heavy atom. The fraction of sp³-hybridized carbons (Fsp3) is 0.333. The predicted octanol–water partition coefficient (Wildman–Crippen LogP) is 0.0269. The molecule has 0 aliphatic rings. The molecule has 0 saturated heterocycles. The number of hydrogen-bond donors (Lipinski definition) is 4. The van der Waals surface area contributed by atoms with E-state index < -0.39 is 12.0 Å². The van der Waals surface area contributed by atoms with E-state index in [9.17, 15) is 9.90 Å². The van der Waals surface area contributed by atoms with Crippen molar-refractivity contribution < 1.29 is 9.90 Å². The first-order valence-electron chi connectivity index (χ1n) is 6.11. The molecule has 0 aliphatic heterocycles. The molecule has 0 amide bonds. The van der Waals surface area contributed by atoms with Crippen molar-refractivity contribution in [1.29, 1.82) is 0 Å². The second-order valence-corrected chi connectivity index (χ2v) is 4.22. The Morgan fingerprint density at radius 3 is 2.70 bits per heavy atom. The zero-order chi connectivity index (χ0) is 14.4. The van der Waals surface area contributed by atoms with Gasteiger partial charge in [0, 0.05) is 49.9 Å². The molecule has 8 nitrogen and oxygen atoms in total. The van der Waals surface area contributed by atoms with Crippen LogP contribution in [0, 0.1) is 0 Å². The number of H-pyrrole nitrogens is 1. The molecule has 0 bridgehead atoms. The number of hydrogen-bond acceptors (Lipinski definition) is 6. The average Bonchev–Trinajstić information content (AvgIpc) is 2.96. The summed E-state index contributed by atoms with van der Waals surface area (Å²) < 4.78 is 0. The lowest BCUT2D eigenvalue weighted by molar-refractivity contribution is -0.139. The molecule has 8 heteroatoms. The van der Waals surface area contributed by atoms with Gasteiger partial charge in [-0.1, -0.05) is 0 Å². The summed E-state index contributed by atoms with van der Waals surface area (Å²) in [5, 5.41) is 15.0. The van der Waals surface area contributed by atoms with E-state index in [0.29, 0.717) is 18.9 Å². The van der Waals surface area contributed by atoms with Crippen LogP contribution in [0.2, 0.25) is 0 Å². The number of aromatic amines is 1. The van der Waals surface area contributed by atoms with Crippen LogP contribution in [-0.4, -0.2) is 44.1 Å². The maximum absolute atomic E-state index is 11.2. The topological polar surface area (TPSA) is 116 Å². The van der Waals surface area contributed by atoms with E-state index >= 15 is 0 Å². The van der Waals surface area contributed by atoms with Crippen LogP contribution in [-0.2, 0) is 17.8 Å². The number of carboxylic acids is 1. The van der Waals surface area contributed by atoms with E-state index in [1.54, 1.807) is 25.6 Å². The molecule has 4 N–H and O–H groups in total. The minimum absolute atomic E-state index is 0.338. The first kappa shape index (κ1) is 13.9. The summed E-state index contributed by atoms with van der Waals surface area (Å²) in [5.41, 5.74) is 1.59. The van der Waals surface area contributed by atoms with Crippen LogP contribution >= 0.6 is 0 Å². The average molecular weight is 276 g/mol. The third-order valence-corrected chi connectivity index (χ3v) is 2.76. The lowest BCUT2D eigenvalue weighted by Gasteiger charge is -2.13. The van der Waals surface area contributed by atoms with Crippen LogP contribution in [0.3, 0.4) is 0 Å². The first-order chi connectivity index (χ1) is 9.69. The number of rotatable bonds is 7. The van der Waals surface area contributed by atoms with Crippen molar-refractivity contribution in [2.45, 2.75) is 19.0 Å². The highest BCUT2D eigenvalue weighted by Gasteiger charge is 2.18. The third kappa shape index (κ3) is 3.75. The molecule has 1 unspecified atom stereocenters. The van der Waals surface area contributed by atoms with E-state index in [1.165, 1.54) is 6.33 Å². The molecule has 2 aromatic rings. The number of anilines is 1. The third-order valence-electron chi connectivity index (χ3n) is 2.76. The highest BCUT2D eigenvalue weighted by atomic mass is 16.4. The number of nitrogens with zero attached hydrogens (tertiary/aromatic N) is 3. The smallest absolute Gasteiger partial charge is 0.321 e. The van der Waals surface area contributed by atoms with Gasteiger partial charge in [0.15, 0.2) is 0 Å². The molecule has 0 radical (unpaired) electrons. The van der Waals surface area contributed by atoms with Crippen molar-refractivity contribution in [3.8, 4) is 0 Å². The standard InChI is InChI=1S/C12H16N6O2/c1-13-12-16-4-8(5-17-12)3-15-10(11(19)20)2-9-6-14-7-18-9/h4-7,10,15H,2-3H2,1H3,(H,14,18)(H,19,20)(H,13,16,17). The van der Waals surface area contributed by atoms with Gasteiger partial charge in [-0.25, -0.2) is 15.0 Å². The maximum Gasteiger partial charge on any atom is 0.321 e. The molecule has 1 atom stereocenters. The highest BCUT2D eigenvalue weighted by Crippen LogP contribution is 2.02. The molecule has 20 heavy (non-hydrogen) atoms. The van der Waals surface area contributed by atoms with Gasteiger partial charge in [-0.15, -0.1) is 0 Å². The second-order valence-electron chi connectivity index (χ2n) is 4.22. The second kappa shape index (κ2) is 6.62. The van der Waals surface area contributed by atoms with Crippen LogP contribution in [0.5, 0.6) is 0 Å². The van der Waals surface area contributed by atoms with Gasteiger partial charge in [0.05, 0.1) is 6.33 Å². The maximum atomic E-state index is 11.2. The van der Waals surface area contributed by atoms with Gasteiger partial charge in [-0.3, -0.25) is 10.1 Å². The van der Waals surface area contributed by atoms with Crippen molar-refractivity contribution in [3.05, 3.63) is 36.2 Å². The van der Waals surface area contributed by atoms with Gasteiger partial charge in [0.1, 0.15) is 6.04 Å². The summed E-state index contributed by atoms with van der Waals surface area (Å²) in [4.78, 5) is 26.1. The Balaban J connectivity index is 1.92. The minimum atomic E-state index is -0.910. The van der Waals surface area contributed by atoms with E-state index in [1.807, 2.05) is 0 Å². The van der Waals surface area contributed by atoms with Crippen molar-refractivity contribution in [3.63, 3.8) is 0 Å². The molecular weight excluding hydrogens is 260 g/mol. The summed E-state index contributed by atoms with van der Waals surface area (Å²) in [6.07, 6.45) is 6.79. The van der Waals surface area contributed by atoms with Gasteiger partial charge in [-0.2, -0.15) is 0 Å². The Morgan fingerprint density at radius 1 is 1.40 bits per heavy atom. The molecule has 2 rings (SSSR count). The molecule has 2 heterocycles. The Bertz CT molecular complexity index is 540. The van der Waals surface area contributed by atoms with E-state index in [0.717, 1.165) is 11.3 Å². The highest BCUT2D eigenvalue weighted by molar-refractivity contribution is 5.73. The summed E-state index contributed by atoms with van der Waals surface area (Å²) in [5.74, 6) is -0.381. The van der Waals surface area contributed by atoms with Crippen molar-refractivity contribution >= 4 is 11.9 Å². The number of carbonyl (C=O) groups is 1. The number of aromatic nitrogens is 4. The number of imidazole rings is 1. The molecule has 0 saturated carbocycles. The Labute approximate surface area is 115 Å². The zero-order valence-corrected chi connectivity index (χ0v) is 11.0. The lowest BCUT2D eigenvalue weighted by atomic mass is 10.1. The molecule has 106 valence electrons. The van der Waals surface area contributed by atoms with E-state index in [2.05, 4.69) is 30.6 Å². The van der Waals surface area contributed by atoms with Crippen LogP contribution in [0.1, 0.15) is 11.3 Å². The van der Waals surface area contributed by atoms with E-state index in [4.69, 9.17) is 0 Å². The van der Waals surface area contributed by atoms with Gasteiger partial charge >= 0.3 is 5.97 Å². The van der Waals surface area contributed by atoms with E-state index in [-0.39, 0.29) is 0 Å². The van der Waals surface area contributed by atoms with Gasteiger partial charge < -0.3 is 15.4 Å². The molecule has 0 fully saturated rings. The monoisotopic (exact) mass is 276 g/mol. The molecule has 2 aromatic heterocycles. The van der Waals surface area contributed by atoms with Crippen molar-refractivity contribution in [2.75, 3.05) is 12.4 Å². The minimum Gasteiger partial charge on any atom is -0.480 e. The quantitative estimate of drug-likeness (QED) is 0.563. The SMILES string of the molecule is CNc1ncc(CNC(Cc2cnc[nH]2)C(=O)O)cn1. The normalized spacial score (nSPS) is 12.1. The van der Waals surface area contributed by atoms with Gasteiger partial charge in [0.25, 0.3) is 0 Å². The predicted molar refractivity (Wildman–Crippen MR) is 72.1 cm³/mol. The van der Waals surface area contributed by atoms with Crippen LogP contribution in [0.15, 0.2) is 24.9 Å². The van der Waals surface area contributed by atoms with Crippen LogP contribution in [0.4, 0.5) is 5.95 Å². The first-order valence-corrected chi connectivity index (χ1v) is 6.11. The summed E-state index contributed by atoms with van der Waals surface area (Å²) in [7, 11) is 1.73. The molecule has 0 aromatic carbocycles.